The maximum atomic E-state index is 5.86. The number of nitrogens with one attached hydrogen (secondary N) is 2. The molecule has 0 amide bonds. The van der Waals surface area contributed by atoms with Crippen molar-refractivity contribution in [3.8, 4) is 0 Å². The molecular formula is C11H28N2O3Si. The first-order valence-electron chi connectivity index (χ1n) is 6.28. The third-order valence-corrected chi connectivity index (χ3v) is 5.53. The van der Waals surface area contributed by atoms with Gasteiger partial charge in [-0.05, 0) is 46.4 Å². The van der Waals surface area contributed by atoms with Gasteiger partial charge < -0.3 is 23.9 Å². The van der Waals surface area contributed by atoms with Gasteiger partial charge in [-0.1, -0.05) is 0 Å². The van der Waals surface area contributed by atoms with Crippen LogP contribution in [-0.2, 0) is 13.3 Å². The van der Waals surface area contributed by atoms with Gasteiger partial charge in [0.05, 0.1) is 0 Å². The highest BCUT2D eigenvalue weighted by molar-refractivity contribution is 6.60. The smallest absolute Gasteiger partial charge is 0.377 e. The summed E-state index contributed by atoms with van der Waals surface area (Å²) in [5.41, 5.74) is 0. The minimum atomic E-state index is -2.40. The predicted octanol–water partition coefficient (Wildman–Crippen LogP) is 0.844. The Morgan fingerprint density at radius 3 is 2.00 bits per heavy atom. The summed E-state index contributed by atoms with van der Waals surface area (Å²) in [7, 11) is 4.87. The topological polar surface area (TPSA) is 51.8 Å². The molecule has 6 heteroatoms. The van der Waals surface area contributed by atoms with E-state index in [-0.39, 0.29) is 0 Å². The highest BCUT2D eigenvalue weighted by Crippen LogP contribution is 2.16. The molecule has 0 bridgehead atoms. The van der Waals surface area contributed by atoms with Crippen LogP contribution in [0.15, 0.2) is 0 Å². The van der Waals surface area contributed by atoms with Crippen molar-refractivity contribution in [1.82, 2.24) is 10.6 Å². The first-order chi connectivity index (χ1) is 8.24. The summed E-state index contributed by atoms with van der Waals surface area (Å²) in [6.07, 6.45) is 3.17. The molecule has 104 valence electrons. The molecule has 0 aromatic rings. The van der Waals surface area contributed by atoms with Crippen LogP contribution in [0, 0.1) is 0 Å². The molecular weight excluding hydrogens is 236 g/mol. The number of unbranched alkanes of at least 4 members (excludes halogenated alkanes) is 1. The lowest BCUT2D eigenvalue weighted by atomic mass is 10.3. The molecule has 5 nitrogen and oxygen atoms in total. The van der Waals surface area contributed by atoms with Crippen molar-refractivity contribution >= 4 is 8.80 Å². The quantitative estimate of drug-likeness (QED) is 0.404. The van der Waals surface area contributed by atoms with Crippen LogP contribution in [0.4, 0.5) is 0 Å². The van der Waals surface area contributed by atoms with E-state index in [0.717, 1.165) is 45.0 Å². The molecule has 17 heavy (non-hydrogen) atoms. The molecule has 0 saturated carbocycles. The second kappa shape index (κ2) is 11.1. The fourth-order valence-electron chi connectivity index (χ4n) is 1.59. The van der Waals surface area contributed by atoms with Crippen molar-refractivity contribution in [2.75, 3.05) is 48.0 Å². The van der Waals surface area contributed by atoms with Crippen molar-refractivity contribution in [3.05, 3.63) is 0 Å². The number of hydrogen-bond donors (Lipinski definition) is 2. The van der Waals surface area contributed by atoms with Crippen LogP contribution in [0.5, 0.6) is 0 Å². The van der Waals surface area contributed by atoms with Crippen LogP contribution in [0.1, 0.15) is 19.3 Å². The Morgan fingerprint density at radius 1 is 0.882 bits per heavy atom. The minimum absolute atomic E-state index is 0.717. The first-order valence-corrected chi connectivity index (χ1v) is 8.21. The number of rotatable bonds is 12. The Morgan fingerprint density at radius 2 is 1.47 bits per heavy atom. The Bertz CT molecular complexity index is 169. The lowest BCUT2D eigenvalue weighted by molar-refractivity contribution is 0.0960. The molecule has 0 spiro atoms. The predicted molar refractivity (Wildman–Crippen MR) is 72.2 cm³/mol. The van der Waals surface area contributed by atoms with E-state index in [9.17, 15) is 0 Å². The Kier molecular flexibility index (Phi) is 11.1. The van der Waals surface area contributed by atoms with Crippen LogP contribution in [-0.4, -0.2) is 56.8 Å². The van der Waals surface area contributed by atoms with E-state index in [0.29, 0.717) is 0 Å². The normalized spacial score (nSPS) is 12.0. The van der Waals surface area contributed by atoms with Crippen LogP contribution in [0.2, 0.25) is 6.04 Å². The Balaban J connectivity index is 3.85. The van der Waals surface area contributed by atoms with E-state index >= 15 is 0 Å². The molecule has 0 aliphatic rings. The molecule has 0 aromatic heterocycles. The van der Waals surface area contributed by atoms with E-state index in [2.05, 4.69) is 10.6 Å². The van der Waals surface area contributed by atoms with Crippen molar-refractivity contribution in [3.63, 3.8) is 0 Å². The fourth-order valence-corrected chi connectivity index (χ4v) is 3.61. The van der Waals surface area contributed by atoms with Crippen LogP contribution < -0.4 is 10.6 Å². The van der Waals surface area contributed by atoms with Gasteiger partial charge in [-0.3, -0.25) is 0 Å². The summed E-state index contributed by atoms with van der Waals surface area (Å²) >= 11 is 0. The van der Waals surface area contributed by atoms with E-state index < -0.39 is 8.80 Å². The van der Waals surface area contributed by atoms with Gasteiger partial charge in [0.15, 0.2) is 0 Å². The standard InChI is InChI=1S/C11H28N2O3Si/c1-12-8-5-6-10-16-17(14-3,15-4)11-7-9-13-2/h12-13H,5-11H2,1-4H3. The third-order valence-electron chi connectivity index (χ3n) is 2.67. The maximum Gasteiger partial charge on any atom is 0.500 e. The molecule has 0 aliphatic heterocycles. The second-order valence-electron chi connectivity index (χ2n) is 3.96. The third kappa shape index (κ3) is 7.85. The van der Waals surface area contributed by atoms with Gasteiger partial charge in [-0.15, -0.1) is 0 Å². The Labute approximate surface area is 107 Å². The summed E-state index contributed by atoms with van der Waals surface area (Å²) in [6, 6.07) is 0.868. The highest BCUT2D eigenvalue weighted by Gasteiger charge is 2.37. The zero-order valence-electron chi connectivity index (χ0n) is 11.7. The second-order valence-corrected chi connectivity index (χ2v) is 6.93. The molecule has 0 fully saturated rings. The number of hydrogen-bond acceptors (Lipinski definition) is 5. The van der Waals surface area contributed by atoms with Crippen molar-refractivity contribution in [1.29, 1.82) is 0 Å². The summed E-state index contributed by atoms with van der Waals surface area (Å²) in [4.78, 5) is 0. The van der Waals surface area contributed by atoms with Crippen LogP contribution in [0.3, 0.4) is 0 Å². The van der Waals surface area contributed by atoms with E-state index in [1.54, 1.807) is 14.2 Å². The molecule has 0 unspecified atom stereocenters. The van der Waals surface area contributed by atoms with Crippen LogP contribution >= 0.6 is 0 Å². The minimum Gasteiger partial charge on any atom is -0.377 e. The molecule has 0 aromatic carbocycles. The SMILES string of the molecule is CNCCCCO[Si](CCCNC)(OC)OC. The van der Waals surface area contributed by atoms with E-state index in [4.69, 9.17) is 13.3 Å². The van der Waals surface area contributed by atoms with Gasteiger partial charge in [-0.25, -0.2) is 0 Å². The van der Waals surface area contributed by atoms with Gasteiger partial charge >= 0.3 is 8.80 Å². The summed E-state index contributed by atoms with van der Waals surface area (Å²) in [5, 5.41) is 6.24. The maximum absolute atomic E-state index is 5.86. The average Bonchev–Trinajstić information content (AvgIpc) is 2.37. The zero-order chi connectivity index (χ0) is 13.0. The summed E-state index contributed by atoms with van der Waals surface area (Å²) < 4.78 is 16.8. The monoisotopic (exact) mass is 264 g/mol. The van der Waals surface area contributed by atoms with Gasteiger partial charge in [0.1, 0.15) is 0 Å². The zero-order valence-corrected chi connectivity index (χ0v) is 12.7. The van der Waals surface area contributed by atoms with Crippen molar-refractivity contribution < 1.29 is 13.3 Å². The van der Waals surface area contributed by atoms with Gasteiger partial charge in [0, 0.05) is 26.9 Å². The van der Waals surface area contributed by atoms with Gasteiger partial charge in [0.2, 0.25) is 0 Å². The average molecular weight is 264 g/mol. The van der Waals surface area contributed by atoms with E-state index in [1.165, 1.54) is 0 Å². The lowest BCUT2D eigenvalue weighted by Gasteiger charge is -2.26. The molecule has 0 rings (SSSR count). The lowest BCUT2D eigenvalue weighted by Crippen LogP contribution is -2.44. The Hall–Kier alpha value is 0.0169. The molecule has 2 N–H and O–H groups in total. The summed E-state index contributed by atoms with van der Waals surface area (Å²) in [6.45, 7) is 2.71. The van der Waals surface area contributed by atoms with E-state index in [1.807, 2.05) is 14.1 Å². The first kappa shape index (κ1) is 17.0. The molecule has 0 radical (unpaired) electrons. The van der Waals surface area contributed by atoms with Gasteiger partial charge in [-0.2, -0.15) is 0 Å². The summed E-state index contributed by atoms with van der Waals surface area (Å²) in [5.74, 6) is 0. The highest BCUT2D eigenvalue weighted by atomic mass is 28.4. The molecule has 0 atom stereocenters. The van der Waals surface area contributed by atoms with Crippen LogP contribution in [0.25, 0.3) is 0 Å². The molecule has 0 heterocycles. The van der Waals surface area contributed by atoms with Gasteiger partial charge in [0.25, 0.3) is 0 Å². The molecule has 0 saturated heterocycles. The largest absolute Gasteiger partial charge is 0.500 e. The molecule has 0 aliphatic carbocycles. The van der Waals surface area contributed by atoms with Crippen molar-refractivity contribution in [2.24, 2.45) is 0 Å². The fraction of sp³-hybridized carbons (Fsp3) is 1.00. The van der Waals surface area contributed by atoms with Crippen molar-refractivity contribution in [2.45, 2.75) is 25.3 Å².